The standard InChI is InChI=1S/C14H13ClN2O/c1-10-12(7-8-13(15)16-10)17-14(18)9-11-5-3-2-4-6-11/h2-8H,9H2,1H3,(H,17,18). The SMILES string of the molecule is Cc1nc(Cl)ccc1NC(=O)Cc1ccccc1. The van der Waals surface area contributed by atoms with Crippen LogP contribution in [0.5, 0.6) is 0 Å². The first-order valence-corrected chi connectivity index (χ1v) is 6.00. The smallest absolute Gasteiger partial charge is 0.228 e. The second-order valence-electron chi connectivity index (χ2n) is 3.98. The molecule has 0 fully saturated rings. The Balaban J connectivity index is 2.03. The van der Waals surface area contributed by atoms with E-state index < -0.39 is 0 Å². The van der Waals surface area contributed by atoms with Gasteiger partial charge in [-0.1, -0.05) is 41.9 Å². The number of hydrogen-bond acceptors (Lipinski definition) is 2. The zero-order valence-electron chi connectivity index (χ0n) is 9.98. The lowest BCUT2D eigenvalue weighted by Gasteiger charge is -2.07. The molecule has 0 atom stereocenters. The van der Waals surface area contributed by atoms with Crippen molar-refractivity contribution in [3.05, 3.63) is 58.9 Å². The summed E-state index contributed by atoms with van der Waals surface area (Å²) >= 11 is 5.76. The summed E-state index contributed by atoms with van der Waals surface area (Å²) in [6.45, 7) is 1.81. The predicted octanol–water partition coefficient (Wildman–Crippen LogP) is 3.22. The van der Waals surface area contributed by atoms with Gasteiger partial charge >= 0.3 is 0 Å². The lowest BCUT2D eigenvalue weighted by molar-refractivity contribution is -0.115. The molecule has 0 aliphatic rings. The van der Waals surface area contributed by atoms with Gasteiger partial charge < -0.3 is 5.32 Å². The lowest BCUT2D eigenvalue weighted by atomic mass is 10.1. The molecule has 18 heavy (non-hydrogen) atoms. The van der Waals surface area contributed by atoms with Crippen molar-refractivity contribution in [2.75, 3.05) is 5.32 Å². The van der Waals surface area contributed by atoms with Crippen LogP contribution in [0.25, 0.3) is 0 Å². The second kappa shape index (κ2) is 5.65. The first-order valence-electron chi connectivity index (χ1n) is 5.62. The molecule has 1 heterocycles. The van der Waals surface area contributed by atoms with E-state index in [0.29, 0.717) is 23.0 Å². The van der Waals surface area contributed by atoms with Crippen LogP contribution < -0.4 is 5.32 Å². The number of benzene rings is 1. The van der Waals surface area contributed by atoms with Crippen LogP contribution in [0.2, 0.25) is 5.15 Å². The molecule has 4 heteroatoms. The van der Waals surface area contributed by atoms with Gasteiger partial charge in [0.05, 0.1) is 17.8 Å². The average molecular weight is 261 g/mol. The fraction of sp³-hybridized carbons (Fsp3) is 0.143. The van der Waals surface area contributed by atoms with Gasteiger partial charge in [0.2, 0.25) is 5.91 Å². The number of amides is 1. The largest absolute Gasteiger partial charge is 0.324 e. The fourth-order valence-corrected chi connectivity index (χ4v) is 1.83. The third-order valence-electron chi connectivity index (χ3n) is 2.53. The molecule has 92 valence electrons. The highest BCUT2D eigenvalue weighted by Gasteiger charge is 2.06. The molecule has 1 aromatic heterocycles. The zero-order valence-corrected chi connectivity index (χ0v) is 10.7. The number of pyridine rings is 1. The van der Waals surface area contributed by atoms with Crippen molar-refractivity contribution >= 4 is 23.2 Å². The van der Waals surface area contributed by atoms with E-state index in [0.717, 1.165) is 5.56 Å². The number of carbonyl (C=O) groups excluding carboxylic acids is 1. The van der Waals surface area contributed by atoms with Crippen molar-refractivity contribution in [3.63, 3.8) is 0 Å². The summed E-state index contributed by atoms with van der Waals surface area (Å²) < 4.78 is 0. The van der Waals surface area contributed by atoms with Gasteiger partial charge in [-0.15, -0.1) is 0 Å². The molecule has 1 amide bonds. The molecule has 0 radical (unpaired) electrons. The van der Waals surface area contributed by atoms with Crippen molar-refractivity contribution in [2.45, 2.75) is 13.3 Å². The van der Waals surface area contributed by atoms with E-state index in [1.165, 1.54) is 0 Å². The average Bonchev–Trinajstić information content (AvgIpc) is 2.34. The summed E-state index contributed by atoms with van der Waals surface area (Å²) in [5.74, 6) is -0.0616. The summed E-state index contributed by atoms with van der Waals surface area (Å²) in [7, 11) is 0. The summed E-state index contributed by atoms with van der Waals surface area (Å²) in [5.41, 5.74) is 2.39. The maximum absolute atomic E-state index is 11.8. The van der Waals surface area contributed by atoms with E-state index in [1.807, 2.05) is 37.3 Å². The van der Waals surface area contributed by atoms with E-state index >= 15 is 0 Å². The van der Waals surface area contributed by atoms with Crippen molar-refractivity contribution < 1.29 is 4.79 Å². The molecule has 0 bridgehead atoms. The van der Waals surface area contributed by atoms with E-state index in [1.54, 1.807) is 12.1 Å². The molecular weight excluding hydrogens is 248 g/mol. The second-order valence-corrected chi connectivity index (χ2v) is 4.36. The van der Waals surface area contributed by atoms with Crippen molar-refractivity contribution in [3.8, 4) is 0 Å². The molecule has 0 spiro atoms. The Morgan fingerprint density at radius 3 is 2.61 bits per heavy atom. The highest BCUT2D eigenvalue weighted by molar-refractivity contribution is 6.29. The van der Waals surface area contributed by atoms with E-state index in [-0.39, 0.29) is 5.91 Å². The molecule has 2 rings (SSSR count). The molecule has 0 aliphatic heterocycles. The Bertz CT molecular complexity index is 555. The predicted molar refractivity (Wildman–Crippen MR) is 72.8 cm³/mol. The van der Waals surface area contributed by atoms with Crippen LogP contribution in [-0.4, -0.2) is 10.9 Å². The normalized spacial score (nSPS) is 10.1. The summed E-state index contributed by atoms with van der Waals surface area (Å²) in [4.78, 5) is 15.9. The van der Waals surface area contributed by atoms with Gasteiger partial charge in [-0.05, 0) is 24.6 Å². The number of nitrogens with one attached hydrogen (secondary N) is 1. The first kappa shape index (κ1) is 12.6. The van der Waals surface area contributed by atoms with Crippen LogP contribution in [0, 0.1) is 6.92 Å². The molecule has 2 aromatic rings. The number of carbonyl (C=O) groups is 1. The number of hydrogen-bond donors (Lipinski definition) is 1. The number of halogens is 1. The Hall–Kier alpha value is -1.87. The number of anilines is 1. The van der Waals surface area contributed by atoms with Gasteiger partial charge in [0, 0.05) is 0 Å². The van der Waals surface area contributed by atoms with Crippen LogP contribution >= 0.6 is 11.6 Å². The van der Waals surface area contributed by atoms with Crippen LogP contribution in [0.1, 0.15) is 11.3 Å². The monoisotopic (exact) mass is 260 g/mol. The Morgan fingerprint density at radius 2 is 1.94 bits per heavy atom. The molecule has 0 saturated heterocycles. The number of rotatable bonds is 3. The Morgan fingerprint density at radius 1 is 1.22 bits per heavy atom. The molecule has 0 saturated carbocycles. The molecule has 1 aromatic carbocycles. The quantitative estimate of drug-likeness (QED) is 0.861. The number of nitrogens with zero attached hydrogens (tertiary/aromatic N) is 1. The van der Waals surface area contributed by atoms with Gasteiger partial charge in [0.1, 0.15) is 5.15 Å². The van der Waals surface area contributed by atoms with Crippen molar-refractivity contribution in [2.24, 2.45) is 0 Å². The number of aryl methyl sites for hydroxylation is 1. The van der Waals surface area contributed by atoms with Crippen molar-refractivity contribution in [1.82, 2.24) is 4.98 Å². The maximum atomic E-state index is 11.8. The molecule has 0 aliphatic carbocycles. The van der Waals surface area contributed by atoms with Crippen molar-refractivity contribution in [1.29, 1.82) is 0 Å². The first-order chi connectivity index (χ1) is 8.65. The minimum Gasteiger partial charge on any atom is -0.324 e. The minimum absolute atomic E-state index is 0.0616. The van der Waals surface area contributed by atoms with Gasteiger partial charge in [0.15, 0.2) is 0 Å². The van der Waals surface area contributed by atoms with E-state index in [2.05, 4.69) is 10.3 Å². The molecular formula is C14H13ClN2O. The Labute approximate surface area is 111 Å². The highest BCUT2D eigenvalue weighted by Crippen LogP contribution is 2.16. The fourth-order valence-electron chi connectivity index (χ4n) is 1.64. The third-order valence-corrected chi connectivity index (χ3v) is 2.74. The van der Waals surface area contributed by atoms with Crippen LogP contribution in [0.15, 0.2) is 42.5 Å². The molecule has 1 N–H and O–H groups in total. The maximum Gasteiger partial charge on any atom is 0.228 e. The van der Waals surface area contributed by atoms with E-state index in [9.17, 15) is 4.79 Å². The van der Waals surface area contributed by atoms with E-state index in [4.69, 9.17) is 11.6 Å². The van der Waals surface area contributed by atoms with Gasteiger partial charge in [-0.2, -0.15) is 0 Å². The highest BCUT2D eigenvalue weighted by atomic mass is 35.5. The summed E-state index contributed by atoms with van der Waals surface area (Å²) in [5, 5.41) is 3.25. The van der Waals surface area contributed by atoms with Gasteiger partial charge in [-0.25, -0.2) is 4.98 Å². The summed E-state index contributed by atoms with van der Waals surface area (Å²) in [6, 6.07) is 13.0. The van der Waals surface area contributed by atoms with Gasteiger partial charge in [0.25, 0.3) is 0 Å². The molecule has 3 nitrogen and oxygen atoms in total. The summed E-state index contributed by atoms with van der Waals surface area (Å²) in [6.07, 6.45) is 0.350. The Kier molecular flexibility index (Phi) is 3.95. The topological polar surface area (TPSA) is 42.0 Å². The lowest BCUT2D eigenvalue weighted by Crippen LogP contribution is -2.15. The number of aromatic nitrogens is 1. The van der Waals surface area contributed by atoms with Crippen LogP contribution in [0.3, 0.4) is 0 Å². The molecule has 0 unspecified atom stereocenters. The van der Waals surface area contributed by atoms with Crippen LogP contribution in [0.4, 0.5) is 5.69 Å². The van der Waals surface area contributed by atoms with Crippen LogP contribution in [-0.2, 0) is 11.2 Å². The van der Waals surface area contributed by atoms with Gasteiger partial charge in [-0.3, -0.25) is 4.79 Å². The minimum atomic E-state index is -0.0616. The zero-order chi connectivity index (χ0) is 13.0. The third kappa shape index (κ3) is 3.31.